The lowest BCUT2D eigenvalue weighted by molar-refractivity contribution is -0.124. The first-order valence-corrected chi connectivity index (χ1v) is 8.73. The fourth-order valence-corrected chi connectivity index (χ4v) is 4.52. The quantitative estimate of drug-likeness (QED) is 0.803. The van der Waals surface area contributed by atoms with Crippen LogP contribution in [0.3, 0.4) is 0 Å². The molecule has 2 bridgehead atoms. The van der Waals surface area contributed by atoms with Crippen LogP contribution >= 0.6 is 0 Å². The van der Waals surface area contributed by atoms with E-state index in [1.165, 1.54) is 10.5 Å². The standard InChI is InChI=1S/C19H19N3O3/c1-11-3-2-4-12(7-11)9-21-10-13(8-20-21)22-18(23)16-14-5-6-15(25-14)17(16)19(22)24/h2-4,7-8,10,14-17H,5-6,9H2,1H3/t14-,15+,16-,17-/m0/s1. The van der Waals surface area contributed by atoms with E-state index in [2.05, 4.69) is 24.2 Å². The Kier molecular flexibility index (Phi) is 3.12. The van der Waals surface area contributed by atoms with E-state index in [0.717, 1.165) is 18.4 Å². The number of aryl methyl sites for hydroxylation is 1. The maximum atomic E-state index is 12.8. The normalized spacial score (nSPS) is 30.4. The Labute approximate surface area is 145 Å². The summed E-state index contributed by atoms with van der Waals surface area (Å²) in [4.78, 5) is 26.9. The zero-order chi connectivity index (χ0) is 17.1. The molecule has 3 saturated heterocycles. The van der Waals surface area contributed by atoms with Crippen molar-refractivity contribution in [1.29, 1.82) is 0 Å². The lowest BCUT2D eigenvalue weighted by Crippen LogP contribution is -2.33. The van der Waals surface area contributed by atoms with Gasteiger partial charge in [-0.3, -0.25) is 14.3 Å². The van der Waals surface area contributed by atoms with Gasteiger partial charge < -0.3 is 4.74 Å². The highest BCUT2D eigenvalue weighted by Gasteiger charge is 2.62. The average Bonchev–Trinajstić information content (AvgIpc) is 3.33. The van der Waals surface area contributed by atoms with Crippen LogP contribution in [0, 0.1) is 18.8 Å². The van der Waals surface area contributed by atoms with Crippen LogP contribution in [-0.2, 0) is 20.9 Å². The minimum atomic E-state index is -0.300. The van der Waals surface area contributed by atoms with Crippen LogP contribution in [0.5, 0.6) is 0 Å². The Balaban J connectivity index is 1.40. The number of benzene rings is 1. The van der Waals surface area contributed by atoms with Crippen molar-refractivity contribution >= 4 is 17.5 Å². The van der Waals surface area contributed by atoms with Crippen molar-refractivity contribution in [3.8, 4) is 0 Å². The molecule has 2 aromatic rings. The Morgan fingerprint density at radius 3 is 2.56 bits per heavy atom. The smallest absolute Gasteiger partial charge is 0.240 e. The highest BCUT2D eigenvalue weighted by molar-refractivity contribution is 6.22. The van der Waals surface area contributed by atoms with E-state index in [-0.39, 0.29) is 35.9 Å². The van der Waals surface area contributed by atoms with E-state index >= 15 is 0 Å². The molecular formula is C19H19N3O3. The van der Waals surface area contributed by atoms with Crippen molar-refractivity contribution in [2.24, 2.45) is 11.8 Å². The van der Waals surface area contributed by atoms with Crippen LogP contribution < -0.4 is 4.90 Å². The molecule has 3 aliphatic heterocycles. The van der Waals surface area contributed by atoms with Gasteiger partial charge >= 0.3 is 0 Å². The number of anilines is 1. The van der Waals surface area contributed by atoms with Crippen molar-refractivity contribution in [2.75, 3.05) is 4.90 Å². The van der Waals surface area contributed by atoms with Crippen molar-refractivity contribution in [3.05, 3.63) is 47.8 Å². The van der Waals surface area contributed by atoms with Gasteiger partial charge in [0.25, 0.3) is 0 Å². The monoisotopic (exact) mass is 337 g/mol. The van der Waals surface area contributed by atoms with Gasteiger partial charge in [0.1, 0.15) is 0 Å². The maximum absolute atomic E-state index is 12.8. The fourth-order valence-electron chi connectivity index (χ4n) is 4.52. The van der Waals surface area contributed by atoms with Gasteiger partial charge in [-0.05, 0) is 25.3 Å². The number of ether oxygens (including phenoxy) is 1. The Morgan fingerprint density at radius 2 is 1.88 bits per heavy atom. The third kappa shape index (κ3) is 2.17. The van der Waals surface area contributed by atoms with E-state index in [4.69, 9.17) is 4.74 Å². The van der Waals surface area contributed by atoms with Crippen molar-refractivity contribution in [2.45, 2.75) is 38.5 Å². The molecule has 6 nitrogen and oxygen atoms in total. The fraction of sp³-hybridized carbons (Fsp3) is 0.421. The number of fused-ring (bicyclic) bond motifs is 5. The second-order valence-electron chi connectivity index (χ2n) is 7.24. The number of carbonyl (C=O) groups excluding carboxylic acids is 2. The van der Waals surface area contributed by atoms with Crippen LogP contribution in [0.25, 0.3) is 0 Å². The number of aromatic nitrogens is 2. The SMILES string of the molecule is Cc1cccc(Cn2cc(N3C(=O)[C@@H]4[C@@H](C3=O)[C@H]3CC[C@@H]4O3)cn2)c1. The second kappa shape index (κ2) is 5.26. The average molecular weight is 337 g/mol. The van der Waals surface area contributed by atoms with E-state index in [0.29, 0.717) is 12.2 Å². The molecule has 0 unspecified atom stereocenters. The van der Waals surface area contributed by atoms with Crippen molar-refractivity contribution < 1.29 is 14.3 Å². The first kappa shape index (κ1) is 14.8. The molecule has 3 aliphatic rings. The molecule has 2 amide bonds. The first-order valence-electron chi connectivity index (χ1n) is 8.73. The molecule has 0 radical (unpaired) electrons. The van der Waals surface area contributed by atoms with Crippen LogP contribution in [0.4, 0.5) is 5.69 Å². The Bertz CT molecular complexity index is 846. The Hall–Kier alpha value is -2.47. The molecule has 4 atom stereocenters. The molecule has 0 saturated carbocycles. The van der Waals surface area contributed by atoms with Gasteiger partial charge in [-0.2, -0.15) is 5.10 Å². The molecule has 6 heteroatoms. The predicted octanol–water partition coefficient (Wildman–Crippen LogP) is 1.91. The predicted molar refractivity (Wildman–Crippen MR) is 89.9 cm³/mol. The molecule has 3 fully saturated rings. The maximum Gasteiger partial charge on any atom is 0.240 e. The number of carbonyl (C=O) groups is 2. The minimum Gasteiger partial charge on any atom is -0.373 e. The van der Waals surface area contributed by atoms with E-state index in [9.17, 15) is 9.59 Å². The van der Waals surface area contributed by atoms with E-state index in [1.807, 2.05) is 12.1 Å². The molecule has 0 spiro atoms. The van der Waals surface area contributed by atoms with Gasteiger partial charge in [0.05, 0.1) is 42.5 Å². The second-order valence-corrected chi connectivity index (χ2v) is 7.24. The number of amides is 2. The molecular weight excluding hydrogens is 318 g/mol. The van der Waals surface area contributed by atoms with Gasteiger partial charge in [0.2, 0.25) is 11.8 Å². The van der Waals surface area contributed by atoms with Crippen molar-refractivity contribution in [1.82, 2.24) is 9.78 Å². The molecule has 128 valence electrons. The number of hydrogen-bond acceptors (Lipinski definition) is 4. The van der Waals surface area contributed by atoms with Gasteiger partial charge in [0.15, 0.2) is 0 Å². The summed E-state index contributed by atoms with van der Waals surface area (Å²) in [5.74, 6) is -0.854. The summed E-state index contributed by atoms with van der Waals surface area (Å²) in [6, 6.07) is 8.21. The number of imide groups is 1. The van der Waals surface area contributed by atoms with Crippen molar-refractivity contribution in [3.63, 3.8) is 0 Å². The van der Waals surface area contributed by atoms with Crippen LogP contribution in [0.1, 0.15) is 24.0 Å². The third-order valence-electron chi connectivity index (χ3n) is 5.59. The van der Waals surface area contributed by atoms with Crippen LogP contribution in [0.15, 0.2) is 36.7 Å². The molecule has 5 rings (SSSR count). The molecule has 0 aliphatic carbocycles. The Morgan fingerprint density at radius 1 is 1.16 bits per heavy atom. The van der Waals surface area contributed by atoms with Gasteiger partial charge in [-0.25, -0.2) is 4.90 Å². The van der Waals surface area contributed by atoms with E-state index in [1.54, 1.807) is 17.1 Å². The molecule has 4 heterocycles. The largest absolute Gasteiger partial charge is 0.373 e. The zero-order valence-electron chi connectivity index (χ0n) is 14.0. The summed E-state index contributed by atoms with van der Waals surface area (Å²) in [5, 5.41) is 4.34. The van der Waals surface area contributed by atoms with Gasteiger partial charge in [-0.15, -0.1) is 0 Å². The molecule has 1 aromatic heterocycles. The zero-order valence-corrected chi connectivity index (χ0v) is 14.0. The summed E-state index contributed by atoms with van der Waals surface area (Å²) in [6.45, 7) is 2.66. The summed E-state index contributed by atoms with van der Waals surface area (Å²) in [5.41, 5.74) is 2.89. The lowest BCUT2D eigenvalue weighted by atomic mass is 9.81. The van der Waals surface area contributed by atoms with Crippen LogP contribution in [-0.4, -0.2) is 33.8 Å². The molecule has 0 N–H and O–H groups in total. The van der Waals surface area contributed by atoms with Crippen LogP contribution in [0.2, 0.25) is 0 Å². The number of rotatable bonds is 3. The summed E-state index contributed by atoms with van der Waals surface area (Å²) >= 11 is 0. The lowest BCUT2D eigenvalue weighted by Gasteiger charge is -2.15. The molecule has 1 aromatic carbocycles. The summed E-state index contributed by atoms with van der Waals surface area (Å²) < 4.78 is 7.54. The number of nitrogens with zero attached hydrogens (tertiary/aromatic N) is 3. The topological polar surface area (TPSA) is 64.4 Å². The highest BCUT2D eigenvalue weighted by Crippen LogP contribution is 2.49. The number of hydrogen-bond donors (Lipinski definition) is 0. The van der Waals surface area contributed by atoms with E-state index < -0.39 is 0 Å². The van der Waals surface area contributed by atoms with Gasteiger partial charge in [-0.1, -0.05) is 29.8 Å². The minimum absolute atomic E-state index is 0.0845. The molecule has 25 heavy (non-hydrogen) atoms. The highest BCUT2D eigenvalue weighted by atomic mass is 16.5. The third-order valence-corrected chi connectivity index (χ3v) is 5.59. The first-order chi connectivity index (χ1) is 12.1. The summed E-state index contributed by atoms with van der Waals surface area (Å²) in [6.07, 6.45) is 4.98. The summed E-state index contributed by atoms with van der Waals surface area (Å²) in [7, 11) is 0. The van der Waals surface area contributed by atoms with Gasteiger partial charge in [0, 0.05) is 6.20 Å².